The largest absolute Gasteiger partial charge is 0.357 e. The third-order valence-corrected chi connectivity index (χ3v) is 4.51. The normalized spacial score (nSPS) is 14.4. The average molecular weight is 369 g/mol. The van der Waals surface area contributed by atoms with Crippen molar-refractivity contribution in [3.63, 3.8) is 0 Å². The van der Waals surface area contributed by atoms with Crippen LogP contribution in [0.2, 0.25) is 0 Å². The fourth-order valence-electron chi connectivity index (χ4n) is 3.02. The van der Waals surface area contributed by atoms with E-state index in [1.54, 1.807) is 6.20 Å². The summed E-state index contributed by atoms with van der Waals surface area (Å²) in [6.07, 6.45) is 7.66. The van der Waals surface area contributed by atoms with Crippen molar-refractivity contribution in [2.24, 2.45) is 4.99 Å². The van der Waals surface area contributed by atoms with Crippen molar-refractivity contribution in [1.82, 2.24) is 30.1 Å². The Kier molecular flexibility index (Phi) is 6.40. The number of nitrogens with one attached hydrogen (secondary N) is 2. The van der Waals surface area contributed by atoms with E-state index in [0.717, 1.165) is 49.7 Å². The van der Waals surface area contributed by atoms with Crippen LogP contribution in [0.3, 0.4) is 0 Å². The molecule has 2 aromatic rings. The van der Waals surface area contributed by atoms with Gasteiger partial charge in [-0.05, 0) is 38.3 Å². The van der Waals surface area contributed by atoms with Gasteiger partial charge in [0.05, 0.1) is 13.1 Å². The van der Waals surface area contributed by atoms with Gasteiger partial charge in [0.1, 0.15) is 11.6 Å². The van der Waals surface area contributed by atoms with Crippen molar-refractivity contribution in [3.8, 4) is 5.82 Å². The number of aryl methyl sites for hydroxylation is 1. The smallest absolute Gasteiger partial charge is 0.241 e. The van der Waals surface area contributed by atoms with Crippen LogP contribution in [0.15, 0.2) is 35.7 Å². The number of aliphatic imine (C=N–C) groups is 1. The number of carbonyl (C=O) groups excluding carboxylic acids is 1. The molecule has 3 heterocycles. The number of hydrogen-bond acceptors (Lipinski definition) is 4. The molecule has 2 aromatic heterocycles. The summed E-state index contributed by atoms with van der Waals surface area (Å²) in [7, 11) is 0. The molecule has 0 radical (unpaired) electrons. The summed E-state index contributed by atoms with van der Waals surface area (Å²) >= 11 is 0. The molecular formula is C19H27N7O. The molecule has 0 aliphatic carbocycles. The van der Waals surface area contributed by atoms with Gasteiger partial charge in [0.2, 0.25) is 5.91 Å². The number of carbonyl (C=O) groups is 1. The minimum absolute atomic E-state index is 0.125. The number of likely N-dealkylation sites (tertiary alicyclic amines) is 1. The maximum absolute atomic E-state index is 12.2. The molecule has 1 amide bonds. The van der Waals surface area contributed by atoms with E-state index in [9.17, 15) is 4.79 Å². The zero-order chi connectivity index (χ0) is 19.1. The first-order valence-corrected chi connectivity index (χ1v) is 9.42. The van der Waals surface area contributed by atoms with Crippen molar-refractivity contribution in [2.75, 3.05) is 26.2 Å². The number of hydrogen-bond donors (Lipinski definition) is 2. The van der Waals surface area contributed by atoms with Gasteiger partial charge in [-0.1, -0.05) is 6.07 Å². The van der Waals surface area contributed by atoms with E-state index in [-0.39, 0.29) is 12.5 Å². The maximum Gasteiger partial charge on any atom is 0.241 e. The van der Waals surface area contributed by atoms with Crippen molar-refractivity contribution in [3.05, 3.63) is 42.1 Å². The van der Waals surface area contributed by atoms with Gasteiger partial charge >= 0.3 is 0 Å². The van der Waals surface area contributed by atoms with Crippen LogP contribution in [0.25, 0.3) is 5.82 Å². The molecule has 8 heteroatoms. The third kappa shape index (κ3) is 5.06. The van der Waals surface area contributed by atoms with Gasteiger partial charge in [-0.15, -0.1) is 0 Å². The van der Waals surface area contributed by atoms with E-state index in [1.807, 2.05) is 47.8 Å². The highest BCUT2D eigenvalue weighted by Gasteiger charge is 2.17. The molecule has 1 aliphatic heterocycles. The van der Waals surface area contributed by atoms with Crippen LogP contribution in [0.5, 0.6) is 0 Å². The number of guanidine groups is 1. The van der Waals surface area contributed by atoms with Crippen LogP contribution in [0, 0.1) is 6.92 Å². The Morgan fingerprint density at radius 2 is 2.04 bits per heavy atom. The van der Waals surface area contributed by atoms with Crippen LogP contribution in [0.4, 0.5) is 0 Å². The number of imidazole rings is 1. The first-order chi connectivity index (χ1) is 13.2. The predicted molar refractivity (Wildman–Crippen MR) is 105 cm³/mol. The van der Waals surface area contributed by atoms with Crippen LogP contribution >= 0.6 is 0 Å². The lowest BCUT2D eigenvalue weighted by atomic mass is 10.3. The molecule has 0 saturated carbocycles. The van der Waals surface area contributed by atoms with Gasteiger partial charge in [0, 0.05) is 38.2 Å². The fraction of sp³-hybridized carbons (Fsp3) is 0.474. The van der Waals surface area contributed by atoms with E-state index in [1.165, 1.54) is 0 Å². The second-order valence-corrected chi connectivity index (χ2v) is 6.51. The van der Waals surface area contributed by atoms with Crippen molar-refractivity contribution in [2.45, 2.75) is 33.2 Å². The molecule has 8 nitrogen and oxygen atoms in total. The predicted octanol–water partition coefficient (Wildman–Crippen LogP) is 1.25. The van der Waals surface area contributed by atoms with E-state index < -0.39 is 0 Å². The van der Waals surface area contributed by atoms with E-state index in [2.05, 4.69) is 25.6 Å². The highest BCUT2D eigenvalue weighted by Crippen LogP contribution is 2.09. The number of aromatic nitrogens is 3. The first-order valence-electron chi connectivity index (χ1n) is 9.42. The molecule has 1 aliphatic rings. The monoisotopic (exact) mass is 369 g/mol. The topological polar surface area (TPSA) is 87.4 Å². The lowest BCUT2D eigenvalue weighted by Gasteiger charge is -2.17. The van der Waals surface area contributed by atoms with E-state index in [4.69, 9.17) is 0 Å². The van der Waals surface area contributed by atoms with Crippen molar-refractivity contribution < 1.29 is 4.79 Å². The molecule has 0 aromatic carbocycles. The summed E-state index contributed by atoms with van der Waals surface area (Å²) in [4.78, 5) is 27.3. The number of amides is 1. The molecule has 3 rings (SSSR count). The molecule has 0 unspecified atom stereocenters. The lowest BCUT2D eigenvalue weighted by Crippen LogP contribution is -2.44. The highest BCUT2D eigenvalue weighted by molar-refractivity contribution is 5.86. The van der Waals surface area contributed by atoms with Crippen LogP contribution in [0.1, 0.15) is 31.2 Å². The Balaban J connectivity index is 1.57. The Hall–Kier alpha value is -2.90. The summed E-state index contributed by atoms with van der Waals surface area (Å²) in [5, 5.41) is 6.30. The van der Waals surface area contributed by atoms with Gasteiger partial charge in [-0.25, -0.2) is 15.0 Å². The Morgan fingerprint density at radius 1 is 1.22 bits per heavy atom. The second-order valence-electron chi connectivity index (χ2n) is 6.51. The highest BCUT2D eigenvalue weighted by atomic mass is 16.2. The van der Waals surface area contributed by atoms with Gasteiger partial charge < -0.3 is 15.5 Å². The minimum atomic E-state index is 0.125. The second kappa shape index (κ2) is 9.16. The summed E-state index contributed by atoms with van der Waals surface area (Å²) in [6, 6.07) is 3.96. The van der Waals surface area contributed by atoms with E-state index in [0.29, 0.717) is 12.5 Å². The molecule has 0 atom stereocenters. The molecule has 1 fully saturated rings. The van der Waals surface area contributed by atoms with Crippen LogP contribution in [-0.4, -0.2) is 57.5 Å². The number of pyridine rings is 1. The summed E-state index contributed by atoms with van der Waals surface area (Å²) in [6.45, 7) is 7.17. The number of rotatable bonds is 6. The fourth-order valence-corrected chi connectivity index (χ4v) is 3.02. The summed E-state index contributed by atoms with van der Waals surface area (Å²) in [5.41, 5.74) is 1.000. The molecule has 0 spiro atoms. The lowest BCUT2D eigenvalue weighted by molar-refractivity contribution is -0.128. The molecule has 2 N–H and O–H groups in total. The minimum Gasteiger partial charge on any atom is -0.357 e. The van der Waals surface area contributed by atoms with Crippen LogP contribution < -0.4 is 10.6 Å². The molecule has 0 bridgehead atoms. The molecule has 27 heavy (non-hydrogen) atoms. The standard InChI is InChI=1S/C19H27N7O/c1-3-20-19(24-14-18(27)25-9-4-5-10-25)23-13-16-6-7-17(22-12-16)26-11-8-21-15(26)2/h6-8,11-12H,3-5,9-10,13-14H2,1-2H3,(H2,20,23,24). The van der Waals surface area contributed by atoms with Gasteiger partial charge in [-0.3, -0.25) is 9.36 Å². The summed E-state index contributed by atoms with van der Waals surface area (Å²) < 4.78 is 1.93. The third-order valence-electron chi connectivity index (χ3n) is 4.51. The molecule has 1 saturated heterocycles. The first kappa shape index (κ1) is 18.9. The zero-order valence-corrected chi connectivity index (χ0v) is 16.0. The molecular weight excluding hydrogens is 342 g/mol. The Morgan fingerprint density at radius 3 is 2.67 bits per heavy atom. The Labute approximate surface area is 159 Å². The van der Waals surface area contributed by atoms with Crippen LogP contribution in [-0.2, 0) is 11.3 Å². The quantitative estimate of drug-likeness (QED) is 0.591. The Bertz CT molecular complexity index is 776. The zero-order valence-electron chi connectivity index (χ0n) is 16.0. The maximum atomic E-state index is 12.2. The SMILES string of the molecule is CCNC(=NCc1ccc(-n2ccnc2C)nc1)NCC(=O)N1CCCC1. The van der Waals surface area contributed by atoms with Gasteiger partial charge in [0.15, 0.2) is 5.96 Å². The number of nitrogens with zero attached hydrogens (tertiary/aromatic N) is 5. The van der Waals surface area contributed by atoms with E-state index >= 15 is 0 Å². The summed E-state index contributed by atoms with van der Waals surface area (Å²) in [5.74, 6) is 2.49. The molecule has 144 valence electrons. The van der Waals surface area contributed by atoms with Crippen molar-refractivity contribution >= 4 is 11.9 Å². The van der Waals surface area contributed by atoms with Gasteiger partial charge in [0.25, 0.3) is 0 Å². The average Bonchev–Trinajstić information content (AvgIpc) is 3.36. The van der Waals surface area contributed by atoms with Crippen molar-refractivity contribution in [1.29, 1.82) is 0 Å². The van der Waals surface area contributed by atoms with Gasteiger partial charge in [-0.2, -0.15) is 0 Å².